The first-order valence-electron chi connectivity index (χ1n) is 5.25. The van der Waals surface area contributed by atoms with Crippen LogP contribution in [0, 0.1) is 0 Å². The van der Waals surface area contributed by atoms with Gasteiger partial charge in [0.1, 0.15) is 11.4 Å². The van der Waals surface area contributed by atoms with Crippen LogP contribution in [-0.2, 0) is 11.2 Å². The first kappa shape index (κ1) is 11.7. The van der Waals surface area contributed by atoms with Crippen molar-refractivity contribution in [3.8, 4) is 0 Å². The first-order chi connectivity index (χ1) is 8.29. The van der Waals surface area contributed by atoms with Crippen molar-refractivity contribution in [2.45, 2.75) is 12.3 Å². The van der Waals surface area contributed by atoms with Crippen LogP contribution >= 0.6 is 11.6 Å². The van der Waals surface area contributed by atoms with Gasteiger partial charge in [0.05, 0.1) is 0 Å². The number of aromatic nitrogens is 2. The van der Waals surface area contributed by atoms with E-state index >= 15 is 0 Å². The van der Waals surface area contributed by atoms with Crippen molar-refractivity contribution in [3.05, 3.63) is 59.1 Å². The molecule has 3 nitrogen and oxygen atoms in total. The Morgan fingerprint density at radius 2 is 2.00 bits per heavy atom. The predicted molar refractivity (Wildman–Crippen MR) is 66.0 cm³/mol. The second-order valence-electron chi connectivity index (χ2n) is 3.72. The van der Waals surface area contributed by atoms with Gasteiger partial charge >= 0.3 is 0 Å². The lowest BCUT2D eigenvalue weighted by atomic mass is 9.95. The Morgan fingerprint density at radius 1 is 1.24 bits per heavy atom. The van der Waals surface area contributed by atoms with Crippen molar-refractivity contribution in [2.24, 2.45) is 0 Å². The van der Waals surface area contributed by atoms with Gasteiger partial charge in [0.15, 0.2) is 0 Å². The summed E-state index contributed by atoms with van der Waals surface area (Å²) in [5.74, 6) is -0.192. The molecule has 2 rings (SSSR count). The first-order valence-corrected chi connectivity index (χ1v) is 5.63. The molecule has 0 radical (unpaired) electrons. The molecule has 0 fully saturated rings. The zero-order valence-corrected chi connectivity index (χ0v) is 9.84. The molecule has 0 spiro atoms. The van der Waals surface area contributed by atoms with Crippen LogP contribution in [0.25, 0.3) is 0 Å². The Kier molecular flexibility index (Phi) is 3.83. The van der Waals surface area contributed by atoms with Crippen molar-refractivity contribution in [3.63, 3.8) is 0 Å². The minimum absolute atomic E-state index is 0.192. The SMILES string of the molecule is O=CC(Cc1ccncc1)c1ccc(Cl)nc1. The number of halogens is 1. The molecule has 2 heterocycles. The van der Waals surface area contributed by atoms with Gasteiger partial charge in [-0.1, -0.05) is 17.7 Å². The van der Waals surface area contributed by atoms with Gasteiger partial charge in [-0.05, 0) is 35.7 Å². The van der Waals surface area contributed by atoms with Gasteiger partial charge in [-0.15, -0.1) is 0 Å². The predicted octanol–water partition coefficient (Wildman–Crippen LogP) is 2.66. The van der Waals surface area contributed by atoms with Gasteiger partial charge in [-0.3, -0.25) is 4.98 Å². The molecule has 0 amide bonds. The molecule has 0 N–H and O–H groups in total. The van der Waals surface area contributed by atoms with Gasteiger partial charge in [-0.2, -0.15) is 0 Å². The van der Waals surface area contributed by atoms with E-state index in [4.69, 9.17) is 11.6 Å². The van der Waals surface area contributed by atoms with Crippen LogP contribution < -0.4 is 0 Å². The highest BCUT2D eigenvalue weighted by molar-refractivity contribution is 6.29. The molecule has 0 aromatic carbocycles. The number of nitrogens with zero attached hydrogens (tertiary/aromatic N) is 2. The summed E-state index contributed by atoms with van der Waals surface area (Å²) in [6, 6.07) is 7.33. The summed E-state index contributed by atoms with van der Waals surface area (Å²) in [6.07, 6.45) is 6.66. The number of carbonyl (C=O) groups is 1. The summed E-state index contributed by atoms with van der Waals surface area (Å²) in [6.45, 7) is 0. The van der Waals surface area contributed by atoms with E-state index in [2.05, 4.69) is 9.97 Å². The second kappa shape index (κ2) is 5.55. The van der Waals surface area contributed by atoms with E-state index in [1.165, 1.54) is 0 Å². The van der Waals surface area contributed by atoms with Crippen LogP contribution in [0.4, 0.5) is 0 Å². The van der Waals surface area contributed by atoms with E-state index in [1.54, 1.807) is 24.7 Å². The Bertz CT molecular complexity index is 485. The standard InChI is InChI=1S/C13H11ClN2O/c14-13-2-1-11(8-16-13)12(9-17)7-10-3-5-15-6-4-10/h1-6,8-9,12H,7H2. The summed E-state index contributed by atoms with van der Waals surface area (Å²) in [7, 11) is 0. The lowest BCUT2D eigenvalue weighted by Crippen LogP contribution is -2.04. The highest BCUT2D eigenvalue weighted by Gasteiger charge is 2.11. The van der Waals surface area contributed by atoms with Crippen molar-refractivity contribution >= 4 is 17.9 Å². The number of rotatable bonds is 4. The molecule has 0 aliphatic carbocycles. The largest absolute Gasteiger partial charge is 0.303 e. The molecule has 2 aromatic rings. The number of carbonyl (C=O) groups excluding carboxylic acids is 1. The molecule has 0 saturated heterocycles. The van der Waals surface area contributed by atoms with E-state index in [0.29, 0.717) is 11.6 Å². The molecular formula is C13H11ClN2O. The van der Waals surface area contributed by atoms with Crippen molar-refractivity contribution in [1.82, 2.24) is 9.97 Å². The third-order valence-electron chi connectivity index (χ3n) is 2.55. The van der Waals surface area contributed by atoms with E-state index < -0.39 is 0 Å². The van der Waals surface area contributed by atoms with E-state index in [9.17, 15) is 4.79 Å². The molecule has 0 aliphatic rings. The van der Waals surface area contributed by atoms with Gasteiger partial charge in [0.25, 0.3) is 0 Å². The topological polar surface area (TPSA) is 42.9 Å². The average molecular weight is 247 g/mol. The van der Waals surface area contributed by atoms with Crippen LogP contribution in [0.1, 0.15) is 17.0 Å². The summed E-state index contributed by atoms with van der Waals surface area (Å²) in [4.78, 5) is 19.0. The lowest BCUT2D eigenvalue weighted by molar-refractivity contribution is -0.109. The molecule has 0 saturated carbocycles. The van der Waals surface area contributed by atoms with Crippen LogP contribution in [0.3, 0.4) is 0 Å². The summed E-state index contributed by atoms with van der Waals surface area (Å²) in [5.41, 5.74) is 1.95. The Hall–Kier alpha value is -1.74. The Morgan fingerprint density at radius 3 is 2.59 bits per heavy atom. The average Bonchev–Trinajstić information content (AvgIpc) is 2.38. The minimum atomic E-state index is -0.192. The fourth-order valence-corrected chi connectivity index (χ4v) is 1.74. The van der Waals surface area contributed by atoms with Gasteiger partial charge in [0, 0.05) is 24.5 Å². The summed E-state index contributed by atoms with van der Waals surface area (Å²) < 4.78 is 0. The van der Waals surface area contributed by atoms with Crippen LogP contribution in [-0.4, -0.2) is 16.3 Å². The summed E-state index contributed by atoms with van der Waals surface area (Å²) in [5, 5.41) is 0.433. The van der Waals surface area contributed by atoms with Crippen molar-refractivity contribution < 1.29 is 4.79 Å². The highest BCUT2D eigenvalue weighted by Crippen LogP contribution is 2.19. The molecule has 1 atom stereocenters. The van der Waals surface area contributed by atoms with Crippen LogP contribution in [0.5, 0.6) is 0 Å². The number of pyridine rings is 2. The van der Waals surface area contributed by atoms with Crippen molar-refractivity contribution in [1.29, 1.82) is 0 Å². The molecule has 17 heavy (non-hydrogen) atoms. The third-order valence-corrected chi connectivity index (χ3v) is 2.77. The highest BCUT2D eigenvalue weighted by atomic mass is 35.5. The van der Waals surface area contributed by atoms with E-state index in [1.807, 2.05) is 18.2 Å². The van der Waals surface area contributed by atoms with Gasteiger partial charge in [-0.25, -0.2) is 4.98 Å². The van der Waals surface area contributed by atoms with Crippen LogP contribution in [0.15, 0.2) is 42.9 Å². The second-order valence-corrected chi connectivity index (χ2v) is 4.10. The summed E-state index contributed by atoms with van der Waals surface area (Å²) >= 11 is 5.71. The van der Waals surface area contributed by atoms with Gasteiger partial charge < -0.3 is 4.79 Å². The molecule has 86 valence electrons. The van der Waals surface area contributed by atoms with Crippen LogP contribution in [0.2, 0.25) is 5.15 Å². The maximum atomic E-state index is 11.1. The van der Waals surface area contributed by atoms with Crippen molar-refractivity contribution in [2.75, 3.05) is 0 Å². The fourth-order valence-electron chi connectivity index (χ4n) is 1.62. The maximum Gasteiger partial charge on any atom is 0.129 e. The van der Waals surface area contributed by atoms with Gasteiger partial charge in [0.2, 0.25) is 0 Å². The number of hydrogen-bond donors (Lipinski definition) is 0. The Balaban J connectivity index is 2.17. The monoisotopic (exact) mass is 246 g/mol. The molecule has 4 heteroatoms. The fraction of sp³-hybridized carbons (Fsp3) is 0.154. The smallest absolute Gasteiger partial charge is 0.129 e. The minimum Gasteiger partial charge on any atom is -0.303 e. The normalized spacial score (nSPS) is 12.1. The maximum absolute atomic E-state index is 11.1. The molecule has 0 bridgehead atoms. The molecular weight excluding hydrogens is 236 g/mol. The van der Waals surface area contributed by atoms with E-state index in [-0.39, 0.29) is 5.92 Å². The molecule has 0 aliphatic heterocycles. The Labute approximate surface area is 104 Å². The van der Waals surface area contributed by atoms with E-state index in [0.717, 1.165) is 17.4 Å². The molecule has 2 aromatic heterocycles. The third kappa shape index (κ3) is 3.11. The zero-order valence-electron chi connectivity index (χ0n) is 9.08. The zero-order chi connectivity index (χ0) is 12.1. The lowest BCUT2D eigenvalue weighted by Gasteiger charge is -2.10. The number of hydrogen-bond acceptors (Lipinski definition) is 3. The molecule has 1 unspecified atom stereocenters. The number of aldehydes is 1. The quantitative estimate of drug-likeness (QED) is 0.615.